The molecule has 0 unspecified atom stereocenters. The zero-order chi connectivity index (χ0) is 16.9. The van der Waals surface area contributed by atoms with Crippen molar-refractivity contribution in [2.45, 2.75) is 40.2 Å². The molecule has 0 saturated heterocycles. The lowest BCUT2D eigenvalue weighted by Gasteiger charge is -2.02. The Morgan fingerprint density at radius 2 is 1.96 bits per heavy atom. The highest BCUT2D eigenvalue weighted by molar-refractivity contribution is 5.55. The van der Waals surface area contributed by atoms with Crippen molar-refractivity contribution >= 4 is 0 Å². The molecule has 0 spiro atoms. The van der Waals surface area contributed by atoms with Gasteiger partial charge in [-0.1, -0.05) is 5.16 Å². The van der Waals surface area contributed by atoms with Crippen LogP contribution in [0.5, 0.6) is 5.75 Å². The quantitative estimate of drug-likeness (QED) is 0.664. The third-order valence-corrected chi connectivity index (χ3v) is 3.76. The van der Waals surface area contributed by atoms with E-state index < -0.39 is 0 Å². The summed E-state index contributed by atoms with van der Waals surface area (Å²) in [7, 11) is 0. The average molecular weight is 326 g/mol. The van der Waals surface area contributed by atoms with Crippen LogP contribution in [0.1, 0.15) is 30.6 Å². The van der Waals surface area contributed by atoms with Crippen LogP contribution in [0.15, 0.2) is 34.9 Å². The first-order valence-corrected chi connectivity index (χ1v) is 8.22. The van der Waals surface area contributed by atoms with Gasteiger partial charge in [-0.15, -0.1) is 0 Å². The van der Waals surface area contributed by atoms with Gasteiger partial charge in [0.2, 0.25) is 11.7 Å². The van der Waals surface area contributed by atoms with Crippen molar-refractivity contribution in [1.29, 1.82) is 0 Å². The van der Waals surface area contributed by atoms with Crippen molar-refractivity contribution in [3.63, 3.8) is 0 Å². The van der Waals surface area contributed by atoms with Gasteiger partial charge < -0.3 is 9.26 Å². The number of hydrogen-bond donors (Lipinski definition) is 0. The summed E-state index contributed by atoms with van der Waals surface area (Å²) in [5, 5.41) is 8.52. The topological polar surface area (TPSA) is 66.0 Å². The van der Waals surface area contributed by atoms with E-state index >= 15 is 0 Å². The van der Waals surface area contributed by atoms with Crippen molar-refractivity contribution < 1.29 is 9.26 Å². The molecule has 0 aliphatic carbocycles. The van der Waals surface area contributed by atoms with Gasteiger partial charge in [-0.25, -0.2) is 0 Å². The number of aryl methyl sites for hydroxylation is 4. The normalized spacial score (nSPS) is 11.0. The van der Waals surface area contributed by atoms with E-state index in [2.05, 4.69) is 28.2 Å². The van der Waals surface area contributed by atoms with Crippen LogP contribution in [0, 0.1) is 13.8 Å². The van der Waals surface area contributed by atoms with Gasteiger partial charge in [-0.05, 0) is 57.5 Å². The van der Waals surface area contributed by atoms with E-state index in [9.17, 15) is 0 Å². The summed E-state index contributed by atoms with van der Waals surface area (Å²) < 4.78 is 12.8. The van der Waals surface area contributed by atoms with E-state index in [1.807, 2.05) is 42.8 Å². The maximum atomic E-state index is 5.44. The molecule has 24 heavy (non-hydrogen) atoms. The van der Waals surface area contributed by atoms with E-state index in [1.54, 1.807) is 0 Å². The third kappa shape index (κ3) is 3.82. The lowest BCUT2D eigenvalue weighted by molar-refractivity contribution is 0.340. The van der Waals surface area contributed by atoms with Gasteiger partial charge in [0.25, 0.3) is 0 Å². The Balaban J connectivity index is 1.58. The summed E-state index contributed by atoms with van der Waals surface area (Å²) in [4.78, 5) is 4.47. The molecule has 0 saturated carbocycles. The predicted molar refractivity (Wildman–Crippen MR) is 90.9 cm³/mol. The second-order valence-corrected chi connectivity index (χ2v) is 5.72. The van der Waals surface area contributed by atoms with Crippen LogP contribution in [-0.4, -0.2) is 26.5 Å². The van der Waals surface area contributed by atoms with Gasteiger partial charge in [0, 0.05) is 24.2 Å². The molecule has 0 aliphatic heterocycles. The summed E-state index contributed by atoms with van der Waals surface area (Å²) in [5.41, 5.74) is 3.14. The summed E-state index contributed by atoms with van der Waals surface area (Å²) in [6.07, 6.45) is 1.65. The molecule has 6 heteroatoms. The molecule has 6 nitrogen and oxygen atoms in total. The lowest BCUT2D eigenvalue weighted by Crippen LogP contribution is -2.03. The van der Waals surface area contributed by atoms with Gasteiger partial charge >= 0.3 is 0 Å². The van der Waals surface area contributed by atoms with E-state index in [0.717, 1.165) is 36.4 Å². The fourth-order valence-corrected chi connectivity index (χ4v) is 2.62. The zero-order valence-electron chi connectivity index (χ0n) is 14.3. The summed E-state index contributed by atoms with van der Waals surface area (Å²) >= 11 is 0. The highest BCUT2D eigenvalue weighted by atomic mass is 16.5. The summed E-state index contributed by atoms with van der Waals surface area (Å²) in [6.45, 7) is 7.54. The van der Waals surface area contributed by atoms with Crippen LogP contribution in [0.25, 0.3) is 11.4 Å². The zero-order valence-corrected chi connectivity index (χ0v) is 14.3. The molecule has 0 bridgehead atoms. The molecule has 2 aromatic heterocycles. The largest absolute Gasteiger partial charge is 0.494 e. The minimum absolute atomic E-state index is 0.610. The molecule has 2 heterocycles. The van der Waals surface area contributed by atoms with Gasteiger partial charge in [0.05, 0.1) is 12.3 Å². The maximum absolute atomic E-state index is 5.44. The predicted octanol–water partition coefficient (Wildman–Crippen LogP) is 3.58. The fraction of sp³-hybridized carbons (Fsp3) is 0.389. The second-order valence-electron chi connectivity index (χ2n) is 5.72. The number of hydrogen-bond acceptors (Lipinski definition) is 5. The number of benzene rings is 1. The van der Waals surface area contributed by atoms with Crippen molar-refractivity contribution in [2.75, 3.05) is 6.61 Å². The second kappa shape index (κ2) is 7.29. The van der Waals surface area contributed by atoms with Gasteiger partial charge in [-0.3, -0.25) is 4.68 Å². The van der Waals surface area contributed by atoms with Crippen LogP contribution < -0.4 is 4.74 Å². The average Bonchev–Trinajstić information content (AvgIpc) is 3.15. The molecule has 0 aliphatic rings. The van der Waals surface area contributed by atoms with E-state index in [0.29, 0.717) is 18.3 Å². The highest BCUT2D eigenvalue weighted by Crippen LogP contribution is 2.20. The minimum atomic E-state index is 0.610. The Morgan fingerprint density at radius 3 is 2.62 bits per heavy atom. The van der Waals surface area contributed by atoms with E-state index in [1.165, 1.54) is 5.69 Å². The molecule has 0 N–H and O–H groups in total. The third-order valence-electron chi connectivity index (χ3n) is 3.76. The van der Waals surface area contributed by atoms with E-state index in [4.69, 9.17) is 9.26 Å². The first-order chi connectivity index (χ1) is 11.7. The molecule has 3 aromatic rings. The molecule has 0 fully saturated rings. The molecule has 0 radical (unpaired) electrons. The fourth-order valence-electron chi connectivity index (χ4n) is 2.62. The van der Waals surface area contributed by atoms with Crippen molar-refractivity contribution in [3.05, 3.63) is 47.6 Å². The highest BCUT2D eigenvalue weighted by Gasteiger charge is 2.09. The van der Waals surface area contributed by atoms with E-state index in [-0.39, 0.29) is 0 Å². The SMILES string of the molecule is CCOc1ccc(-c2noc(CCCn3nc(C)cc3C)n2)cc1. The number of aromatic nitrogens is 4. The minimum Gasteiger partial charge on any atom is -0.494 e. The van der Waals surface area contributed by atoms with Crippen LogP contribution in [0.2, 0.25) is 0 Å². The summed E-state index contributed by atoms with van der Waals surface area (Å²) in [6, 6.07) is 9.79. The van der Waals surface area contributed by atoms with Crippen LogP contribution in [0.3, 0.4) is 0 Å². The first kappa shape index (κ1) is 16.2. The van der Waals surface area contributed by atoms with Crippen molar-refractivity contribution in [3.8, 4) is 17.1 Å². The molecular weight excluding hydrogens is 304 g/mol. The Bertz CT molecular complexity index is 790. The molecule has 126 valence electrons. The summed E-state index contributed by atoms with van der Waals surface area (Å²) in [5.74, 6) is 2.11. The van der Waals surface area contributed by atoms with Crippen molar-refractivity contribution in [1.82, 2.24) is 19.9 Å². The molecule has 0 atom stereocenters. The van der Waals surface area contributed by atoms with Gasteiger partial charge in [0.15, 0.2) is 0 Å². The Kier molecular flexibility index (Phi) is 4.93. The monoisotopic (exact) mass is 326 g/mol. The maximum Gasteiger partial charge on any atom is 0.227 e. The van der Waals surface area contributed by atoms with Crippen LogP contribution in [-0.2, 0) is 13.0 Å². The Morgan fingerprint density at radius 1 is 1.17 bits per heavy atom. The number of ether oxygens (including phenoxy) is 1. The first-order valence-electron chi connectivity index (χ1n) is 8.22. The Hall–Kier alpha value is -2.63. The van der Waals surface area contributed by atoms with Crippen LogP contribution in [0.4, 0.5) is 0 Å². The number of rotatable bonds is 7. The van der Waals surface area contributed by atoms with Crippen molar-refractivity contribution in [2.24, 2.45) is 0 Å². The number of nitrogens with zero attached hydrogens (tertiary/aromatic N) is 4. The van der Waals surface area contributed by atoms with Crippen LogP contribution >= 0.6 is 0 Å². The Labute approximate surface area is 141 Å². The van der Waals surface area contributed by atoms with Gasteiger partial charge in [0.1, 0.15) is 5.75 Å². The smallest absolute Gasteiger partial charge is 0.227 e. The molecular formula is C18H22N4O2. The lowest BCUT2D eigenvalue weighted by atomic mass is 10.2. The van der Waals surface area contributed by atoms with Gasteiger partial charge in [-0.2, -0.15) is 10.1 Å². The molecule has 0 amide bonds. The molecule has 3 rings (SSSR count). The molecule has 1 aromatic carbocycles. The standard InChI is InChI=1S/C18H22N4O2/c1-4-23-16-9-7-15(8-10-16)18-19-17(24-21-18)6-5-11-22-14(3)12-13(2)20-22/h7-10,12H,4-6,11H2,1-3H3.